The zero-order valence-corrected chi connectivity index (χ0v) is 11.2. The van der Waals surface area contributed by atoms with Crippen LogP contribution in [0.4, 0.5) is 5.69 Å². The van der Waals surface area contributed by atoms with Gasteiger partial charge in [-0.15, -0.1) is 0 Å². The van der Waals surface area contributed by atoms with Crippen LogP contribution in [0.25, 0.3) is 0 Å². The Kier molecular flexibility index (Phi) is 2.77. The van der Waals surface area contributed by atoms with Crippen molar-refractivity contribution in [2.24, 2.45) is 5.92 Å². The molecule has 2 N–H and O–H groups in total. The van der Waals surface area contributed by atoms with Crippen molar-refractivity contribution < 1.29 is 14.3 Å². The van der Waals surface area contributed by atoms with Crippen LogP contribution in [0.5, 0.6) is 11.5 Å². The van der Waals surface area contributed by atoms with E-state index in [9.17, 15) is 4.79 Å². The first-order valence-corrected chi connectivity index (χ1v) is 6.54. The van der Waals surface area contributed by atoms with Gasteiger partial charge >= 0.3 is 0 Å². The summed E-state index contributed by atoms with van der Waals surface area (Å²) in [6.07, 6.45) is 2.41. The second-order valence-corrected chi connectivity index (χ2v) is 5.29. The first kappa shape index (κ1) is 12.1. The average Bonchev–Trinajstić information content (AvgIpc) is 3.15. The van der Waals surface area contributed by atoms with Gasteiger partial charge in [-0.2, -0.15) is 0 Å². The van der Waals surface area contributed by atoms with Crippen molar-refractivity contribution >= 4 is 11.6 Å². The number of hydrogen-bond acceptors (Lipinski definition) is 4. The first-order valence-electron chi connectivity index (χ1n) is 6.54. The number of nitrogen functional groups attached to an aromatic ring is 1. The van der Waals surface area contributed by atoms with Crippen LogP contribution in [-0.2, 0) is 0 Å². The number of fused-ring (bicyclic) bond motifs is 1. The van der Waals surface area contributed by atoms with Crippen molar-refractivity contribution in [2.75, 3.05) is 19.6 Å². The molecule has 1 aromatic carbocycles. The monoisotopic (exact) mass is 262 g/mol. The van der Waals surface area contributed by atoms with Crippen molar-refractivity contribution in [2.45, 2.75) is 25.8 Å². The van der Waals surface area contributed by atoms with Crippen LogP contribution in [0, 0.1) is 5.92 Å². The molecular formula is C14H18N2O3. The molecule has 0 radical (unpaired) electrons. The standard InChI is InChI=1S/C14H18N2O3/c1-8(9-3-4-9)16(2)14(17)10-5-12-13(6-11(10)15)19-7-18-12/h5-6,8-9H,3-4,7,15H2,1-2H3. The number of hydrogen-bond donors (Lipinski definition) is 1. The lowest BCUT2D eigenvalue weighted by Crippen LogP contribution is -2.36. The quantitative estimate of drug-likeness (QED) is 0.844. The summed E-state index contributed by atoms with van der Waals surface area (Å²) >= 11 is 0. The highest BCUT2D eigenvalue weighted by Crippen LogP contribution is 2.38. The molecule has 1 aliphatic carbocycles. The third-order valence-electron chi connectivity index (χ3n) is 4.01. The third-order valence-corrected chi connectivity index (χ3v) is 4.01. The van der Waals surface area contributed by atoms with Crippen LogP contribution in [0.2, 0.25) is 0 Å². The van der Waals surface area contributed by atoms with Crippen LogP contribution in [0.1, 0.15) is 30.1 Å². The van der Waals surface area contributed by atoms with E-state index < -0.39 is 0 Å². The molecule has 1 heterocycles. The van der Waals surface area contributed by atoms with E-state index in [0.717, 1.165) is 0 Å². The summed E-state index contributed by atoms with van der Waals surface area (Å²) in [5, 5.41) is 0. The number of anilines is 1. The van der Waals surface area contributed by atoms with E-state index in [1.807, 2.05) is 7.05 Å². The topological polar surface area (TPSA) is 64.8 Å². The Hall–Kier alpha value is -1.91. The van der Waals surface area contributed by atoms with Gasteiger partial charge in [0.2, 0.25) is 6.79 Å². The summed E-state index contributed by atoms with van der Waals surface area (Å²) in [7, 11) is 1.83. The molecule has 0 saturated heterocycles. The molecule has 0 aromatic heterocycles. The Morgan fingerprint density at radius 2 is 2.00 bits per heavy atom. The van der Waals surface area contributed by atoms with Crippen LogP contribution in [-0.4, -0.2) is 30.7 Å². The van der Waals surface area contributed by atoms with Crippen LogP contribution in [0.3, 0.4) is 0 Å². The first-order chi connectivity index (χ1) is 9.08. The Morgan fingerprint density at radius 3 is 2.63 bits per heavy atom. The van der Waals surface area contributed by atoms with Crippen molar-refractivity contribution in [3.05, 3.63) is 17.7 Å². The zero-order valence-electron chi connectivity index (χ0n) is 11.2. The fourth-order valence-electron chi connectivity index (χ4n) is 2.41. The van der Waals surface area contributed by atoms with Crippen molar-refractivity contribution in [1.29, 1.82) is 0 Å². The lowest BCUT2D eigenvalue weighted by Gasteiger charge is -2.25. The second-order valence-electron chi connectivity index (χ2n) is 5.29. The largest absolute Gasteiger partial charge is 0.454 e. The normalized spacial score (nSPS) is 18.2. The maximum absolute atomic E-state index is 12.5. The van der Waals surface area contributed by atoms with Crippen LogP contribution < -0.4 is 15.2 Å². The number of carbonyl (C=O) groups excluding carboxylic acids is 1. The van der Waals surface area contributed by atoms with Gasteiger partial charge in [0.05, 0.1) is 5.56 Å². The number of ether oxygens (including phenoxy) is 2. The summed E-state index contributed by atoms with van der Waals surface area (Å²) in [6, 6.07) is 3.58. The van der Waals surface area contributed by atoms with Gasteiger partial charge < -0.3 is 20.1 Å². The number of nitrogens with two attached hydrogens (primary N) is 1. The van der Waals surface area contributed by atoms with E-state index in [-0.39, 0.29) is 18.7 Å². The van der Waals surface area contributed by atoms with Crippen LogP contribution in [0.15, 0.2) is 12.1 Å². The summed E-state index contributed by atoms with van der Waals surface area (Å²) in [5.74, 6) is 1.76. The van der Waals surface area contributed by atoms with E-state index in [1.54, 1.807) is 17.0 Å². The molecule has 19 heavy (non-hydrogen) atoms. The minimum Gasteiger partial charge on any atom is -0.454 e. The molecule has 1 aliphatic heterocycles. The number of amides is 1. The molecule has 0 spiro atoms. The fraction of sp³-hybridized carbons (Fsp3) is 0.500. The highest BCUT2D eigenvalue weighted by atomic mass is 16.7. The van der Waals surface area contributed by atoms with E-state index >= 15 is 0 Å². The predicted molar refractivity (Wildman–Crippen MR) is 71.3 cm³/mol. The van der Waals surface area contributed by atoms with Gasteiger partial charge in [-0.05, 0) is 31.7 Å². The van der Waals surface area contributed by atoms with Crippen molar-refractivity contribution in [3.63, 3.8) is 0 Å². The maximum atomic E-state index is 12.5. The van der Waals surface area contributed by atoms with Gasteiger partial charge in [-0.25, -0.2) is 0 Å². The molecule has 1 unspecified atom stereocenters. The molecule has 1 saturated carbocycles. The number of carbonyl (C=O) groups is 1. The molecule has 1 amide bonds. The van der Waals surface area contributed by atoms with Gasteiger partial charge in [0.1, 0.15) is 0 Å². The van der Waals surface area contributed by atoms with E-state index in [2.05, 4.69) is 6.92 Å². The van der Waals surface area contributed by atoms with Gasteiger partial charge in [-0.3, -0.25) is 4.79 Å². The van der Waals surface area contributed by atoms with Gasteiger partial charge in [0.15, 0.2) is 11.5 Å². The summed E-state index contributed by atoms with van der Waals surface area (Å²) in [6.45, 7) is 2.26. The minimum absolute atomic E-state index is 0.0600. The molecule has 1 aromatic rings. The molecule has 1 fully saturated rings. The van der Waals surface area contributed by atoms with Crippen LogP contribution >= 0.6 is 0 Å². The molecule has 1 atom stereocenters. The molecule has 2 aliphatic rings. The molecular weight excluding hydrogens is 244 g/mol. The minimum atomic E-state index is -0.0600. The average molecular weight is 262 g/mol. The summed E-state index contributed by atoms with van der Waals surface area (Å²) in [5.41, 5.74) is 6.86. The zero-order chi connectivity index (χ0) is 13.6. The molecule has 3 rings (SSSR count). The second kappa shape index (κ2) is 4.33. The molecule has 102 valence electrons. The lowest BCUT2D eigenvalue weighted by molar-refractivity contribution is 0.0728. The Morgan fingerprint density at radius 1 is 1.37 bits per heavy atom. The molecule has 5 heteroatoms. The lowest BCUT2D eigenvalue weighted by atomic mass is 10.1. The van der Waals surface area contributed by atoms with Gasteiger partial charge in [0.25, 0.3) is 5.91 Å². The van der Waals surface area contributed by atoms with Crippen molar-refractivity contribution in [3.8, 4) is 11.5 Å². The van der Waals surface area contributed by atoms with E-state index in [0.29, 0.717) is 28.7 Å². The van der Waals surface area contributed by atoms with Gasteiger partial charge in [-0.1, -0.05) is 0 Å². The maximum Gasteiger partial charge on any atom is 0.256 e. The highest BCUT2D eigenvalue weighted by molar-refractivity contribution is 6.00. The Labute approximate surface area is 112 Å². The van der Waals surface area contributed by atoms with E-state index in [4.69, 9.17) is 15.2 Å². The SMILES string of the molecule is CC(C1CC1)N(C)C(=O)c1cc2c(cc1N)OCO2. The molecule has 0 bridgehead atoms. The fourth-order valence-corrected chi connectivity index (χ4v) is 2.41. The van der Waals surface area contributed by atoms with Gasteiger partial charge in [0, 0.05) is 24.8 Å². The third kappa shape index (κ3) is 2.09. The Balaban J connectivity index is 1.86. The summed E-state index contributed by atoms with van der Waals surface area (Å²) in [4.78, 5) is 14.3. The predicted octanol–water partition coefficient (Wildman–Crippen LogP) is 1.87. The number of rotatable bonds is 3. The van der Waals surface area contributed by atoms with E-state index in [1.165, 1.54) is 12.8 Å². The number of benzene rings is 1. The summed E-state index contributed by atoms with van der Waals surface area (Å²) < 4.78 is 10.5. The molecule has 5 nitrogen and oxygen atoms in total. The Bertz CT molecular complexity index is 526. The number of nitrogens with zero attached hydrogens (tertiary/aromatic N) is 1. The van der Waals surface area contributed by atoms with Crippen molar-refractivity contribution in [1.82, 2.24) is 4.90 Å². The highest BCUT2D eigenvalue weighted by Gasteiger charge is 2.33. The smallest absolute Gasteiger partial charge is 0.256 e.